The highest BCUT2D eigenvalue weighted by Gasteiger charge is 2.29. The molecule has 0 spiro atoms. The Balaban J connectivity index is 2.32. The number of ketones is 1. The Morgan fingerprint density at radius 3 is 2.43 bits per heavy atom. The molecule has 0 bridgehead atoms. The van der Waals surface area contributed by atoms with E-state index in [1.54, 1.807) is 6.20 Å². The number of imidazole rings is 1. The Labute approximate surface area is 127 Å². The molecule has 0 saturated carbocycles. The van der Waals surface area contributed by atoms with Gasteiger partial charge in [-0.25, -0.2) is 4.98 Å². The van der Waals surface area contributed by atoms with E-state index in [4.69, 9.17) is 0 Å². The monoisotopic (exact) mass is 284 g/mol. The molecule has 2 aromatic rings. The van der Waals surface area contributed by atoms with Gasteiger partial charge in [0.2, 0.25) is 0 Å². The Morgan fingerprint density at radius 2 is 1.86 bits per heavy atom. The minimum atomic E-state index is -0.0488. The van der Waals surface area contributed by atoms with Crippen LogP contribution in [-0.4, -0.2) is 15.3 Å². The number of aromatic nitrogens is 2. The zero-order chi connectivity index (χ0) is 15.6. The third-order valence-corrected chi connectivity index (χ3v) is 4.18. The van der Waals surface area contributed by atoms with E-state index in [-0.39, 0.29) is 17.1 Å². The molecule has 1 unspecified atom stereocenters. The lowest BCUT2D eigenvalue weighted by Crippen LogP contribution is -2.27. The molecule has 0 radical (unpaired) electrons. The average molecular weight is 284 g/mol. The van der Waals surface area contributed by atoms with Crippen LogP contribution in [0.2, 0.25) is 0 Å². The van der Waals surface area contributed by atoms with E-state index in [0.29, 0.717) is 12.2 Å². The summed E-state index contributed by atoms with van der Waals surface area (Å²) in [5.74, 6) is 1.01. The summed E-state index contributed by atoms with van der Waals surface area (Å²) >= 11 is 0. The van der Waals surface area contributed by atoms with Crippen molar-refractivity contribution in [3.05, 3.63) is 53.6 Å². The molecule has 1 aromatic heterocycles. The van der Waals surface area contributed by atoms with E-state index >= 15 is 0 Å². The van der Waals surface area contributed by atoms with Crippen molar-refractivity contribution in [3.63, 3.8) is 0 Å². The molecular weight excluding hydrogens is 260 g/mol. The van der Waals surface area contributed by atoms with Gasteiger partial charge < -0.3 is 4.57 Å². The van der Waals surface area contributed by atoms with Crippen molar-refractivity contribution < 1.29 is 4.79 Å². The van der Waals surface area contributed by atoms with E-state index < -0.39 is 0 Å². The first-order valence-electron chi connectivity index (χ1n) is 7.41. The predicted octanol–water partition coefficient (Wildman–Crippen LogP) is 4.10. The molecule has 0 aliphatic rings. The number of aryl methyl sites for hydroxylation is 1. The van der Waals surface area contributed by atoms with Crippen LogP contribution in [0.5, 0.6) is 0 Å². The smallest absolute Gasteiger partial charge is 0.184 e. The van der Waals surface area contributed by atoms with Crippen molar-refractivity contribution in [3.8, 4) is 0 Å². The van der Waals surface area contributed by atoms with Crippen molar-refractivity contribution in [2.24, 2.45) is 11.3 Å². The largest absolute Gasteiger partial charge is 0.321 e. The second-order valence-corrected chi connectivity index (χ2v) is 6.71. The molecule has 1 atom stereocenters. The van der Waals surface area contributed by atoms with Crippen LogP contribution in [0.25, 0.3) is 0 Å². The molecule has 0 aliphatic heterocycles. The minimum absolute atomic E-state index is 0.0388. The molecule has 2 rings (SSSR count). The summed E-state index contributed by atoms with van der Waals surface area (Å²) in [7, 11) is 0. The lowest BCUT2D eigenvalue weighted by atomic mass is 9.79. The van der Waals surface area contributed by atoms with Gasteiger partial charge in [-0.1, -0.05) is 58.0 Å². The summed E-state index contributed by atoms with van der Waals surface area (Å²) in [5.41, 5.74) is 1.84. The van der Waals surface area contributed by atoms with E-state index in [1.165, 1.54) is 5.56 Å². The summed E-state index contributed by atoms with van der Waals surface area (Å²) in [4.78, 5) is 17.1. The summed E-state index contributed by atoms with van der Waals surface area (Å²) in [5, 5.41) is 0. The zero-order valence-electron chi connectivity index (χ0n) is 13.6. The number of carbonyl (C=O) groups is 1. The summed E-state index contributed by atoms with van der Waals surface area (Å²) < 4.78 is 2.01. The normalized spacial score (nSPS) is 13.2. The van der Waals surface area contributed by atoms with Gasteiger partial charge in [-0.2, -0.15) is 0 Å². The fourth-order valence-corrected chi connectivity index (χ4v) is 2.25. The number of benzene rings is 1. The Bertz CT molecular complexity index is 620. The van der Waals surface area contributed by atoms with Gasteiger partial charge in [0.15, 0.2) is 5.78 Å². The number of Topliss-reactive ketones (excluding diaryl/α,β-unsaturated/α-hetero) is 1. The van der Waals surface area contributed by atoms with Crippen LogP contribution in [0.15, 0.2) is 36.5 Å². The van der Waals surface area contributed by atoms with Crippen LogP contribution in [0.4, 0.5) is 0 Å². The Kier molecular flexibility index (Phi) is 4.31. The number of rotatable bonds is 4. The van der Waals surface area contributed by atoms with E-state index in [9.17, 15) is 4.79 Å². The average Bonchev–Trinajstić information content (AvgIpc) is 2.79. The van der Waals surface area contributed by atoms with Crippen LogP contribution in [-0.2, 0) is 6.54 Å². The SMILES string of the molecule is Cc1ncc(C(=O)C(C)C(C)(C)C)n1Cc1ccccc1. The van der Waals surface area contributed by atoms with Gasteiger partial charge in [0.1, 0.15) is 11.5 Å². The number of nitrogens with zero attached hydrogens (tertiary/aromatic N) is 2. The molecule has 1 aromatic carbocycles. The topological polar surface area (TPSA) is 34.9 Å². The molecule has 0 saturated heterocycles. The maximum Gasteiger partial charge on any atom is 0.184 e. The molecule has 1 heterocycles. The molecule has 0 amide bonds. The third kappa shape index (κ3) is 3.41. The fraction of sp³-hybridized carbons (Fsp3) is 0.444. The predicted molar refractivity (Wildman–Crippen MR) is 85.5 cm³/mol. The van der Waals surface area contributed by atoms with Crippen molar-refractivity contribution in [2.75, 3.05) is 0 Å². The van der Waals surface area contributed by atoms with Crippen LogP contribution < -0.4 is 0 Å². The fourth-order valence-electron chi connectivity index (χ4n) is 2.25. The number of carbonyl (C=O) groups excluding carboxylic acids is 1. The summed E-state index contributed by atoms with van der Waals surface area (Å²) in [6, 6.07) is 10.2. The van der Waals surface area contributed by atoms with Crippen molar-refractivity contribution >= 4 is 5.78 Å². The zero-order valence-corrected chi connectivity index (χ0v) is 13.6. The molecule has 0 aliphatic carbocycles. The first-order valence-corrected chi connectivity index (χ1v) is 7.41. The van der Waals surface area contributed by atoms with Crippen molar-refractivity contribution in [1.29, 1.82) is 0 Å². The first kappa shape index (κ1) is 15.5. The highest BCUT2D eigenvalue weighted by atomic mass is 16.1. The summed E-state index contributed by atoms with van der Waals surface area (Å²) in [6.45, 7) is 10.9. The van der Waals surface area contributed by atoms with Gasteiger partial charge in [-0.3, -0.25) is 4.79 Å². The lowest BCUT2D eigenvalue weighted by molar-refractivity contribution is 0.0829. The van der Waals surface area contributed by atoms with Gasteiger partial charge in [0.25, 0.3) is 0 Å². The van der Waals surface area contributed by atoms with Crippen LogP contribution in [0.3, 0.4) is 0 Å². The van der Waals surface area contributed by atoms with Gasteiger partial charge in [0, 0.05) is 12.5 Å². The minimum Gasteiger partial charge on any atom is -0.321 e. The van der Waals surface area contributed by atoms with Gasteiger partial charge >= 0.3 is 0 Å². The maximum absolute atomic E-state index is 12.8. The second-order valence-electron chi connectivity index (χ2n) is 6.71. The Morgan fingerprint density at radius 1 is 1.24 bits per heavy atom. The van der Waals surface area contributed by atoms with Crippen LogP contribution in [0, 0.1) is 18.3 Å². The molecule has 3 nitrogen and oxygen atoms in total. The van der Waals surface area contributed by atoms with Crippen molar-refractivity contribution in [1.82, 2.24) is 9.55 Å². The Hall–Kier alpha value is -1.90. The van der Waals surface area contributed by atoms with E-state index in [2.05, 4.69) is 37.9 Å². The molecular formula is C18H24N2O. The highest BCUT2D eigenvalue weighted by Crippen LogP contribution is 2.28. The lowest BCUT2D eigenvalue weighted by Gasteiger charge is -2.26. The van der Waals surface area contributed by atoms with Crippen LogP contribution >= 0.6 is 0 Å². The quantitative estimate of drug-likeness (QED) is 0.792. The standard InChI is InChI=1S/C18H24N2O/c1-13(18(3,4)5)17(21)16-11-19-14(2)20(16)12-15-9-7-6-8-10-15/h6-11,13H,12H2,1-5H3. The van der Waals surface area contributed by atoms with Crippen molar-refractivity contribution in [2.45, 2.75) is 41.2 Å². The number of hydrogen-bond acceptors (Lipinski definition) is 2. The highest BCUT2D eigenvalue weighted by molar-refractivity contribution is 5.96. The molecule has 21 heavy (non-hydrogen) atoms. The second kappa shape index (κ2) is 5.84. The van der Waals surface area contributed by atoms with Gasteiger partial charge in [0.05, 0.1) is 6.20 Å². The maximum atomic E-state index is 12.8. The van der Waals surface area contributed by atoms with Gasteiger partial charge in [-0.15, -0.1) is 0 Å². The van der Waals surface area contributed by atoms with E-state index in [1.807, 2.05) is 36.6 Å². The van der Waals surface area contributed by atoms with Crippen LogP contribution in [0.1, 0.15) is 49.6 Å². The summed E-state index contributed by atoms with van der Waals surface area (Å²) in [6.07, 6.45) is 1.71. The molecule has 0 fully saturated rings. The third-order valence-electron chi connectivity index (χ3n) is 4.18. The van der Waals surface area contributed by atoms with E-state index in [0.717, 1.165) is 5.82 Å². The molecule has 112 valence electrons. The van der Waals surface area contributed by atoms with Gasteiger partial charge in [-0.05, 0) is 17.9 Å². The molecule has 3 heteroatoms. The first-order chi connectivity index (χ1) is 9.80. The molecule has 0 N–H and O–H groups in total. The number of hydrogen-bond donors (Lipinski definition) is 0.